The standard InChI is InChI=1S/C33H25NO/c1-21-14-16-26-25-10-4-5-11-27(25)33(30(26)18-21)28-12-6-7-13-31(28)35-32-19-22(15-17-29(32)33)24-9-3-2-8-23(24)20-34/h2-3,5-9,11-17,19,21H,4,10,18H2,1H3. The van der Waals surface area contributed by atoms with Gasteiger partial charge in [-0.1, -0.05) is 79.8 Å². The van der Waals surface area contributed by atoms with Crippen LogP contribution >= 0.6 is 0 Å². The highest BCUT2D eigenvalue weighted by Gasteiger charge is 2.53. The minimum absolute atomic E-state index is 0.335. The third-order valence-electron chi connectivity index (χ3n) is 8.05. The summed E-state index contributed by atoms with van der Waals surface area (Å²) in [5, 5.41) is 9.69. The van der Waals surface area contributed by atoms with Gasteiger partial charge >= 0.3 is 0 Å². The molecule has 2 heteroatoms. The monoisotopic (exact) mass is 451 g/mol. The van der Waals surface area contributed by atoms with Gasteiger partial charge in [-0.2, -0.15) is 5.26 Å². The molecule has 0 bridgehead atoms. The molecule has 0 saturated carbocycles. The fraction of sp³-hybridized carbons (Fsp3) is 0.182. The van der Waals surface area contributed by atoms with Crippen molar-refractivity contribution in [3.63, 3.8) is 0 Å². The summed E-state index contributed by atoms with van der Waals surface area (Å²) in [5.74, 6) is 2.31. The fourth-order valence-electron chi connectivity index (χ4n) is 6.62. The Morgan fingerprint density at radius 1 is 0.943 bits per heavy atom. The van der Waals surface area contributed by atoms with Crippen LogP contribution in [0.3, 0.4) is 0 Å². The molecule has 168 valence electrons. The van der Waals surface area contributed by atoms with Gasteiger partial charge < -0.3 is 4.74 Å². The molecule has 1 aliphatic heterocycles. The molecule has 7 rings (SSSR count). The SMILES string of the molecule is CC1C=CC2=C(C1)C1(C3=C2CCC=C3)c2ccccc2Oc2cc(-c3ccccc3C#N)ccc21. The average Bonchev–Trinajstić information content (AvgIpc) is 3.18. The molecule has 2 nitrogen and oxygen atoms in total. The van der Waals surface area contributed by atoms with E-state index in [0.29, 0.717) is 11.5 Å². The fourth-order valence-corrected chi connectivity index (χ4v) is 6.62. The second-order valence-electron chi connectivity index (χ2n) is 9.98. The van der Waals surface area contributed by atoms with Gasteiger partial charge in [0.1, 0.15) is 11.5 Å². The van der Waals surface area contributed by atoms with Crippen LogP contribution in [0.15, 0.2) is 113 Å². The predicted octanol–water partition coefficient (Wildman–Crippen LogP) is 8.17. The van der Waals surface area contributed by atoms with Gasteiger partial charge in [-0.3, -0.25) is 0 Å². The van der Waals surface area contributed by atoms with Gasteiger partial charge in [0.2, 0.25) is 0 Å². The first-order valence-electron chi connectivity index (χ1n) is 12.5. The number of rotatable bonds is 1. The molecular weight excluding hydrogens is 426 g/mol. The van der Waals surface area contributed by atoms with Crippen LogP contribution in [-0.2, 0) is 5.41 Å². The van der Waals surface area contributed by atoms with Crippen LogP contribution in [0.4, 0.5) is 0 Å². The number of ether oxygens (including phenoxy) is 1. The number of benzene rings is 3. The molecule has 0 radical (unpaired) electrons. The number of hydrogen-bond acceptors (Lipinski definition) is 2. The summed E-state index contributed by atoms with van der Waals surface area (Å²) in [5.41, 5.74) is 10.6. The summed E-state index contributed by atoms with van der Waals surface area (Å²) in [6.45, 7) is 2.31. The zero-order valence-corrected chi connectivity index (χ0v) is 19.7. The van der Waals surface area contributed by atoms with E-state index >= 15 is 0 Å². The van der Waals surface area contributed by atoms with Gasteiger partial charge in [-0.05, 0) is 76.8 Å². The van der Waals surface area contributed by atoms with Crippen LogP contribution in [0.1, 0.15) is 42.9 Å². The number of allylic oxidation sites excluding steroid dienone is 8. The summed E-state index contributed by atoms with van der Waals surface area (Å²) in [6, 6.07) is 25.2. The van der Waals surface area contributed by atoms with Crippen molar-refractivity contribution in [2.45, 2.75) is 31.6 Å². The first kappa shape index (κ1) is 20.3. The third-order valence-corrected chi connectivity index (χ3v) is 8.05. The Morgan fingerprint density at radius 2 is 1.77 bits per heavy atom. The van der Waals surface area contributed by atoms with E-state index in [2.05, 4.69) is 79.8 Å². The van der Waals surface area contributed by atoms with Crippen molar-refractivity contribution in [1.82, 2.24) is 0 Å². The van der Waals surface area contributed by atoms with Crippen LogP contribution in [0.2, 0.25) is 0 Å². The van der Waals surface area contributed by atoms with E-state index in [9.17, 15) is 5.26 Å². The largest absolute Gasteiger partial charge is 0.457 e. The van der Waals surface area contributed by atoms with Crippen LogP contribution in [0.5, 0.6) is 11.5 Å². The highest BCUT2D eigenvalue weighted by atomic mass is 16.5. The molecule has 4 aliphatic rings. The molecule has 2 atom stereocenters. The summed E-state index contributed by atoms with van der Waals surface area (Å²) in [6.07, 6.45) is 12.7. The Morgan fingerprint density at radius 3 is 2.69 bits per heavy atom. The molecule has 0 saturated heterocycles. The van der Waals surface area contributed by atoms with Crippen molar-refractivity contribution < 1.29 is 4.74 Å². The average molecular weight is 452 g/mol. The third kappa shape index (κ3) is 2.70. The minimum Gasteiger partial charge on any atom is -0.457 e. The molecule has 1 spiro atoms. The van der Waals surface area contributed by atoms with Crippen molar-refractivity contribution in [2.24, 2.45) is 5.92 Å². The number of nitrogens with zero attached hydrogens (tertiary/aromatic N) is 1. The zero-order valence-electron chi connectivity index (χ0n) is 19.7. The van der Waals surface area contributed by atoms with E-state index in [0.717, 1.165) is 41.9 Å². The van der Waals surface area contributed by atoms with Crippen molar-refractivity contribution in [2.75, 3.05) is 0 Å². The lowest BCUT2D eigenvalue weighted by Crippen LogP contribution is -2.35. The maximum absolute atomic E-state index is 9.69. The molecule has 0 N–H and O–H groups in total. The van der Waals surface area contributed by atoms with Crippen LogP contribution in [0.25, 0.3) is 11.1 Å². The Balaban J connectivity index is 1.54. The van der Waals surface area contributed by atoms with Gasteiger partial charge in [0.05, 0.1) is 17.0 Å². The van der Waals surface area contributed by atoms with E-state index < -0.39 is 0 Å². The van der Waals surface area contributed by atoms with Gasteiger partial charge in [-0.25, -0.2) is 0 Å². The summed E-state index contributed by atoms with van der Waals surface area (Å²) < 4.78 is 6.62. The van der Waals surface area contributed by atoms with Gasteiger partial charge in [0.25, 0.3) is 0 Å². The molecule has 3 aromatic rings. The molecule has 3 aliphatic carbocycles. The second-order valence-corrected chi connectivity index (χ2v) is 9.98. The predicted molar refractivity (Wildman–Crippen MR) is 139 cm³/mol. The normalized spacial score (nSPS) is 23.4. The molecule has 2 unspecified atom stereocenters. The Hall–Kier alpha value is -4.09. The highest BCUT2D eigenvalue weighted by molar-refractivity contribution is 5.81. The first-order valence-corrected chi connectivity index (χ1v) is 12.5. The number of fused-ring (bicyclic) bond motifs is 7. The van der Waals surface area contributed by atoms with Crippen LogP contribution in [-0.4, -0.2) is 0 Å². The first-order chi connectivity index (χ1) is 17.2. The Bertz CT molecular complexity index is 1570. The summed E-state index contributed by atoms with van der Waals surface area (Å²) in [7, 11) is 0. The van der Waals surface area contributed by atoms with Crippen LogP contribution < -0.4 is 4.74 Å². The summed E-state index contributed by atoms with van der Waals surface area (Å²) in [4.78, 5) is 0. The molecular formula is C33H25NO. The van der Waals surface area contributed by atoms with E-state index in [-0.39, 0.29) is 5.41 Å². The lowest BCUT2D eigenvalue weighted by atomic mass is 9.62. The number of nitriles is 1. The van der Waals surface area contributed by atoms with Crippen molar-refractivity contribution in [3.05, 3.63) is 130 Å². The van der Waals surface area contributed by atoms with E-state index in [4.69, 9.17) is 4.74 Å². The summed E-state index contributed by atoms with van der Waals surface area (Å²) >= 11 is 0. The van der Waals surface area contributed by atoms with Crippen LogP contribution in [0, 0.1) is 17.2 Å². The van der Waals surface area contributed by atoms with Crippen molar-refractivity contribution in [3.8, 4) is 28.7 Å². The number of hydrogen-bond donors (Lipinski definition) is 0. The lowest BCUT2D eigenvalue weighted by molar-refractivity contribution is 0.428. The van der Waals surface area contributed by atoms with E-state index in [1.165, 1.54) is 33.4 Å². The minimum atomic E-state index is -0.335. The van der Waals surface area contributed by atoms with Crippen molar-refractivity contribution >= 4 is 0 Å². The van der Waals surface area contributed by atoms with Gasteiger partial charge in [0.15, 0.2) is 0 Å². The molecule has 3 aromatic carbocycles. The maximum Gasteiger partial charge on any atom is 0.132 e. The molecule has 35 heavy (non-hydrogen) atoms. The Kier molecular flexibility index (Phi) is 4.32. The maximum atomic E-state index is 9.69. The topological polar surface area (TPSA) is 33.0 Å². The quantitative estimate of drug-likeness (QED) is 0.374. The Labute approximate surface area is 206 Å². The second kappa shape index (κ2) is 7.45. The molecule has 0 aromatic heterocycles. The lowest BCUT2D eigenvalue weighted by Gasteiger charge is -2.42. The molecule has 0 fully saturated rings. The zero-order chi connectivity index (χ0) is 23.6. The van der Waals surface area contributed by atoms with Gasteiger partial charge in [0, 0.05) is 11.1 Å². The highest BCUT2D eigenvalue weighted by Crippen LogP contribution is 2.64. The van der Waals surface area contributed by atoms with E-state index in [1.54, 1.807) is 0 Å². The molecule has 1 heterocycles. The van der Waals surface area contributed by atoms with Crippen molar-refractivity contribution in [1.29, 1.82) is 5.26 Å². The number of para-hydroxylation sites is 1. The molecule has 0 amide bonds. The van der Waals surface area contributed by atoms with E-state index in [1.807, 2.05) is 24.3 Å². The smallest absolute Gasteiger partial charge is 0.132 e. The van der Waals surface area contributed by atoms with Gasteiger partial charge in [-0.15, -0.1) is 0 Å².